The van der Waals surface area contributed by atoms with Gasteiger partial charge in [0.05, 0.1) is 11.1 Å². The topological polar surface area (TPSA) is 92.3 Å². The van der Waals surface area contributed by atoms with Crippen molar-refractivity contribution in [2.45, 2.75) is 6.42 Å². The lowest BCUT2D eigenvalue weighted by molar-refractivity contribution is -0.121. The summed E-state index contributed by atoms with van der Waals surface area (Å²) < 4.78 is 0. The first-order valence-corrected chi connectivity index (χ1v) is 9.22. The molecule has 1 aliphatic rings. The van der Waals surface area contributed by atoms with E-state index in [9.17, 15) is 14.4 Å². The van der Waals surface area contributed by atoms with Crippen molar-refractivity contribution in [1.29, 1.82) is 0 Å². The maximum absolute atomic E-state index is 12.3. The van der Waals surface area contributed by atoms with Crippen LogP contribution in [-0.2, 0) is 11.2 Å². The Morgan fingerprint density at radius 1 is 0.862 bits per heavy atom. The van der Waals surface area contributed by atoms with E-state index >= 15 is 0 Å². The van der Waals surface area contributed by atoms with E-state index in [-0.39, 0.29) is 12.5 Å². The molecule has 7 heteroatoms. The number of rotatable bonds is 6. The Bertz CT molecular complexity index is 1030. The molecule has 4 rings (SSSR count). The molecule has 144 valence electrons. The van der Waals surface area contributed by atoms with Gasteiger partial charge in [0.15, 0.2) is 5.82 Å². The van der Waals surface area contributed by atoms with Crippen molar-refractivity contribution in [2.75, 3.05) is 13.1 Å². The van der Waals surface area contributed by atoms with Gasteiger partial charge < -0.3 is 5.32 Å². The summed E-state index contributed by atoms with van der Waals surface area (Å²) in [5, 5.41) is 2.73. The van der Waals surface area contributed by atoms with Crippen LogP contribution in [0.2, 0.25) is 0 Å². The van der Waals surface area contributed by atoms with Gasteiger partial charge in [0.25, 0.3) is 11.8 Å². The van der Waals surface area contributed by atoms with Crippen LogP contribution in [0.15, 0.2) is 67.0 Å². The van der Waals surface area contributed by atoms with E-state index in [1.165, 1.54) is 0 Å². The first kappa shape index (κ1) is 18.5. The number of nitrogens with one attached hydrogen (secondary N) is 1. The molecule has 2 aromatic carbocycles. The van der Waals surface area contributed by atoms with Gasteiger partial charge in [-0.2, -0.15) is 0 Å². The minimum absolute atomic E-state index is 0.296. The second-order valence-corrected chi connectivity index (χ2v) is 6.62. The molecule has 3 amide bonds. The molecule has 0 spiro atoms. The molecule has 0 aliphatic carbocycles. The summed E-state index contributed by atoms with van der Waals surface area (Å²) in [5.41, 5.74) is 2.49. The van der Waals surface area contributed by atoms with Crippen LogP contribution in [0.25, 0.3) is 11.4 Å². The van der Waals surface area contributed by atoms with Crippen LogP contribution in [0.3, 0.4) is 0 Å². The maximum Gasteiger partial charge on any atom is 0.262 e. The zero-order chi connectivity index (χ0) is 20.2. The number of benzene rings is 2. The molecule has 0 unspecified atom stereocenters. The largest absolute Gasteiger partial charge is 0.354 e. The number of nitrogens with zero attached hydrogens (tertiary/aromatic N) is 3. The zero-order valence-corrected chi connectivity index (χ0v) is 15.5. The van der Waals surface area contributed by atoms with E-state index < -0.39 is 11.8 Å². The lowest BCUT2D eigenvalue weighted by Gasteiger charge is -2.13. The quantitative estimate of drug-likeness (QED) is 0.655. The average molecular weight is 386 g/mol. The number of carbonyl (C=O) groups excluding carboxylic acids is 3. The van der Waals surface area contributed by atoms with Crippen molar-refractivity contribution in [2.24, 2.45) is 0 Å². The molecule has 0 fully saturated rings. The van der Waals surface area contributed by atoms with Gasteiger partial charge in [-0.3, -0.25) is 19.3 Å². The number of fused-ring (bicyclic) bond motifs is 1. The molecule has 1 aliphatic heterocycles. The predicted octanol–water partition coefficient (Wildman–Crippen LogP) is 2.10. The standard InChI is InChI=1S/C22H18N4O3/c27-19(14-26-21(28)17-8-4-5-9-18(17)22(26)29)23-11-10-15-12-24-20(25-13-15)16-6-2-1-3-7-16/h1-9,12-13H,10-11,14H2,(H,23,27). The number of aromatic nitrogens is 2. The van der Waals surface area contributed by atoms with Crippen molar-refractivity contribution in [3.8, 4) is 11.4 Å². The molecule has 0 atom stereocenters. The van der Waals surface area contributed by atoms with Crippen LogP contribution in [0, 0.1) is 0 Å². The monoisotopic (exact) mass is 386 g/mol. The second-order valence-electron chi connectivity index (χ2n) is 6.62. The lowest BCUT2D eigenvalue weighted by atomic mass is 10.1. The van der Waals surface area contributed by atoms with Crippen LogP contribution in [0.1, 0.15) is 26.3 Å². The Balaban J connectivity index is 1.29. The van der Waals surface area contributed by atoms with Crippen LogP contribution in [-0.4, -0.2) is 45.7 Å². The summed E-state index contributed by atoms with van der Waals surface area (Å²) >= 11 is 0. The number of hydrogen-bond acceptors (Lipinski definition) is 5. The number of amides is 3. The predicted molar refractivity (Wildman–Crippen MR) is 106 cm³/mol. The molecule has 29 heavy (non-hydrogen) atoms. The van der Waals surface area contributed by atoms with Gasteiger partial charge in [0.2, 0.25) is 5.91 Å². The van der Waals surface area contributed by atoms with Gasteiger partial charge >= 0.3 is 0 Å². The SMILES string of the molecule is O=C(CN1C(=O)c2ccccc2C1=O)NCCc1cnc(-c2ccccc2)nc1. The first-order chi connectivity index (χ1) is 14.1. The van der Waals surface area contributed by atoms with Gasteiger partial charge in [-0.25, -0.2) is 9.97 Å². The van der Waals surface area contributed by atoms with Crippen molar-refractivity contribution in [1.82, 2.24) is 20.2 Å². The minimum atomic E-state index is -0.439. The Labute approximate surface area is 167 Å². The van der Waals surface area contributed by atoms with Crippen molar-refractivity contribution in [3.63, 3.8) is 0 Å². The van der Waals surface area contributed by atoms with Gasteiger partial charge in [0.1, 0.15) is 6.54 Å². The van der Waals surface area contributed by atoms with Gasteiger partial charge in [-0.05, 0) is 24.1 Å². The van der Waals surface area contributed by atoms with Crippen molar-refractivity contribution < 1.29 is 14.4 Å². The van der Waals surface area contributed by atoms with Crippen molar-refractivity contribution in [3.05, 3.63) is 83.7 Å². The van der Waals surface area contributed by atoms with Crippen molar-refractivity contribution >= 4 is 17.7 Å². The summed E-state index contributed by atoms with van der Waals surface area (Å²) in [5.74, 6) is -0.623. The molecule has 3 aromatic rings. The molecule has 1 aromatic heterocycles. The minimum Gasteiger partial charge on any atom is -0.354 e. The lowest BCUT2D eigenvalue weighted by Crippen LogP contribution is -2.40. The summed E-state index contributed by atoms with van der Waals surface area (Å²) in [6.07, 6.45) is 4.00. The summed E-state index contributed by atoms with van der Waals surface area (Å²) in [7, 11) is 0. The smallest absolute Gasteiger partial charge is 0.262 e. The molecular weight excluding hydrogens is 368 g/mol. The Morgan fingerprint density at radius 2 is 1.45 bits per heavy atom. The Kier molecular flexibility index (Phi) is 5.11. The fourth-order valence-corrected chi connectivity index (χ4v) is 3.15. The Morgan fingerprint density at radius 3 is 2.07 bits per heavy atom. The summed E-state index contributed by atoms with van der Waals surface area (Å²) in [6.45, 7) is 0.0613. The molecule has 1 N–H and O–H groups in total. The van der Waals surface area contributed by atoms with Crippen LogP contribution >= 0.6 is 0 Å². The summed E-state index contributed by atoms with van der Waals surface area (Å²) in [4.78, 5) is 46.4. The first-order valence-electron chi connectivity index (χ1n) is 9.22. The number of imide groups is 1. The summed E-state index contributed by atoms with van der Waals surface area (Å²) in [6, 6.07) is 16.2. The third kappa shape index (κ3) is 3.89. The highest BCUT2D eigenvalue weighted by Gasteiger charge is 2.36. The second kappa shape index (κ2) is 8.02. The third-order valence-electron chi connectivity index (χ3n) is 4.65. The van der Waals surface area contributed by atoms with Crippen LogP contribution in [0.4, 0.5) is 0 Å². The van der Waals surface area contributed by atoms with E-state index in [1.54, 1.807) is 36.7 Å². The van der Waals surface area contributed by atoms with Gasteiger partial charge in [-0.1, -0.05) is 42.5 Å². The van der Waals surface area contributed by atoms with E-state index in [0.717, 1.165) is 16.0 Å². The molecule has 0 saturated carbocycles. The number of hydrogen-bond donors (Lipinski definition) is 1. The highest BCUT2D eigenvalue weighted by atomic mass is 16.2. The fourth-order valence-electron chi connectivity index (χ4n) is 3.15. The highest BCUT2D eigenvalue weighted by Crippen LogP contribution is 2.21. The van der Waals surface area contributed by atoms with Gasteiger partial charge in [-0.15, -0.1) is 0 Å². The van der Waals surface area contributed by atoms with E-state index in [2.05, 4.69) is 15.3 Å². The molecule has 2 heterocycles. The average Bonchev–Trinajstić information content (AvgIpc) is 3.00. The zero-order valence-electron chi connectivity index (χ0n) is 15.5. The third-order valence-corrected chi connectivity index (χ3v) is 4.65. The molecule has 0 bridgehead atoms. The molecule has 0 saturated heterocycles. The van der Waals surface area contributed by atoms with E-state index in [0.29, 0.717) is 29.9 Å². The van der Waals surface area contributed by atoms with Crippen LogP contribution < -0.4 is 5.32 Å². The normalized spacial score (nSPS) is 12.8. The maximum atomic E-state index is 12.3. The number of carbonyl (C=O) groups is 3. The van der Waals surface area contributed by atoms with Crippen LogP contribution in [0.5, 0.6) is 0 Å². The van der Waals surface area contributed by atoms with E-state index in [4.69, 9.17) is 0 Å². The Hall–Kier alpha value is -3.87. The van der Waals surface area contributed by atoms with E-state index in [1.807, 2.05) is 30.3 Å². The molecule has 0 radical (unpaired) electrons. The van der Waals surface area contributed by atoms with Gasteiger partial charge in [0, 0.05) is 24.5 Å². The highest BCUT2D eigenvalue weighted by molar-refractivity contribution is 6.22. The molecule has 7 nitrogen and oxygen atoms in total. The fraction of sp³-hybridized carbons (Fsp3) is 0.136. The molecular formula is C22H18N4O3.